The summed E-state index contributed by atoms with van der Waals surface area (Å²) in [4.78, 5) is 4.50. The third-order valence-corrected chi connectivity index (χ3v) is 4.02. The van der Waals surface area contributed by atoms with E-state index in [2.05, 4.69) is 20.4 Å². The number of guanidine groups is 1. The second-order valence-electron chi connectivity index (χ2n) is 6.34. The molecule has 1 aromatic carbocycles. The van der Waals surface area contributed by atoms with Gasteiger partial charge >= 0.3 is 6.36 Å². The largest absolute Gasteiger partial charge is 0.573 e. The fourth-order valence-electron chi connectivity index (χ4n) is 2.67. The zero-order valence-electron chi connectivity index (χ0n) is 16.1. The summed E-state index contributed by atoms with van der Waals surface area (Å²) in [7, 11) is 0. The Bertz CT molecular complexity index is 588. The van der Waals surface area contributed by atoms with Crippen LogP contribution < -0.4 is 15.4 Å². The molecule has 1 atom stereocenters. The van der Waals surface area contributed by atoms with E-state index in [1.165, 1.54) is 12.1 Å². The van der Waals surface area contributed by atoms with Crippen LogP contribution in [0.15, 0.2) is 29.3 Å². The van der Waals surface area contributed by atoms with Crippen LogP contribution in [0.5, 0.6) is 5.75 Å². The van der Waals surface area contributed by atoms with Gasteiger partial charge < -0.3 is 24.8 Å². The highest BCUT2D eigenvalue weighted by atomic mass is 19.4. The van der Waals surface area contributed by atoms with Crippen LogP contribution in [0.4, 0.5) is 13.2 Å². The summed E-state index contributed by atoms with van der Waals surface area (Å²) in [5.41, 5.74) is 0.907. The van der Waals surface area contributed by atoms with E-state index in [0.717, 1.165) is 31.6 Å². The number of hydrogen-bond donors (Lipinski definition) is 2. The van der Waals surface area contributed by atoms with Gasteiger partial charge in [-0.1, -0.05) is 12.1 Å². The van der Waals surface area contributed by atoms with Crippen LogP contribution in [0.1, 0.15) is 25.3 Å². The maximum atomic E-state index is 12.2. The summed E-state index contributed by atoms with van der Waals surface area (Å²) in [6.07, 6.45) is -2.02. The normalized spacial score (nSPS) is 17.6. The second kappa shape index (κ2) is 11.8. The van der Waals surface area contributed by atoms with Crippen LogP contribution in [0.2, 0.25) is 0 Å². The van der Waals surface area contributed by atoms with Gasteiger partial charge in [-0.15, -0.1) is 13.2 Å². The lowest BCUT2D eigenvalue weighted by molar-refractivity contribution is -0.274. The first-order valence-electron chi connectivity index (χ1n) is 9.52. The molecule has 0 spiro atoms. The van der Waals surface area contributed by atoms with Gasteiger partial charge in [-0.2, -0.15) is 0 Å². The van der Waals surface area contributed by atoms with Gasteiger partial charge in [-0.05, 0) is 43.9 Å². The molecule has 1 unspecified atom stereocenters. The molecule has 28 heavy (non-hydrogen) atoms. The van der Waals surface area contributed by atoms with Crippen molar-refractivity contribution in [1.29, 1.82) is 0 Å². The van der Waals surface area contributed by atoms with Crippen molar-refractivity contribution in [2.45, 2.75) is 38.7 Å². The molecule has 1 fully saturated rings. The van der Waals surface area contributed by atoms with Gasteiger partial charge in [-0.3, -0.25) is 4.99 Å². The minimum atomic E-state index is -4.67. The van der Waals surface area contributed by atoms with E-state index in [1.807, 2.05) is 6.92 Å². The number of aliphatic imine (C=N–C) groups is 1. The molecule has 6 nitrogen and oxygen atoms in total. The van der Waals surface area contributed by atoms with Crippen LogP contribution in [0, 0.1) is 0 Å². The van der Waals surface area contributed by atoms with Crippen LogP contribution in [-0.4, -0.2) is 57.9 Å². The molecule has 1 aromatic rings. The third kappa shape index (κ3) is 9.27. The SMILES string of the molecule is CCNC(=NCCCOC1CCOC1)NCCc1ccc(OC(F)(F)F)cc1. The van der Waals surface area contributed by atoms with Crippen molar-refractivity contribution in [2.24, 2.45) is 4.99 Å². The Kier molecular flexibility index (Phi) is 9.36. The van der Waals surface area contributed by atoms with E-state index in [9.17, 15) is 13.2 Å². The van der Waals surface area contributed by atoms with Crippen molar-refractivity contribution in [2.75, 3.05) is 39.5 Å². The lowest BCUT2D eigenvalue weighted by Gasteiger charge is -2.12. The zero-order valence-corrected chi connectivity index (χ0v) is 16.1. The molecule has 158 valence electrons. The van der Waals surface area contributed by atoms with Gasteiger partial charge in [0.15, 0.2) is 5.96 Å². The molecule has 0 bridgehead atoms. The molecule has 0 radical (unpaired) electrons. The van der Waals surface area contributed by atoms with E-state index in [0.29, 0.717) is 38.7 Å². The smallest absolute Gasteiger partial charge is 0.406 e. The van der Waals surface area contributed by atoms with Crippen molar-refractivity contribution in [3.8, 4) is 5.75 Å². The third-order valence-electron chi connectivity index (χ3n) is 4.02. The zero-order chi connectivity index (χ0) is 20.2. The van der Waals surface area contributed by atoms with E-state index in [4.69, 9.17) is 9.47 Å². The van der Waals surface area contributed by atoms with Crippen molar-refractivity contribution in [3.63, 3.8) is 0 Å². The highest BCUT2D eigenvalue weighted by Crippen LogP contribution is 2.22. The van der Waals surface area contributed by atoms with Gasteiger partial charge in [0.1, 0.15) is 5.75 Å². The number of benzene rings is 1. The molecular weight excluding hydrogens is 375 g/mol. The van der Waals surface area contributed by atoms with Crippen molar-refractivity contribution in [3.05, 3.63) is 29.8 Å². The average Bonchev–Trinajstić information content (AvgIpc) is 3.15. The van der Waals surface area contributed by atoms with Crippen LogP contribution >= 0.6 is 0 Å². The van der Waals surface area contributed by atoms with E-state index in [1.54, 1.807) is 12.1 Å². The molecule has 0 amide bonds. The van der Waals surface area contributed by atoms with Gasteiger partial charge in [0.2, 0.25) is 0 Å². The summed E-state index contributed by atoms with van der Waals surface area (Å²) in [5, 5.41) is 6.39. The molecule has 1 saturated heterocycles. The highest BCUT2D eigenvalue weighted by molar-refractivity contribution is 5.79. The lowest BCUT2D eigenvalue weighted by atomic mass is 10.1. The Balaban J connectivity index is 1.67. The number of ether oxygens (including phenoxy) is 3. The van der Waals surface area contributed by atoms with Gasteiger partial charge in [-0.25, -0.2) is 0 Å². The number of halogens is 3. The predicted octanol–water partition coefficient (Wildman–Crippen LogP) is 2.88. The molecule has 2 N–H and O–H groups in total. The average molecular weight is 403 g/mol. The summed E-state index contributed by atoms with van der Waals surface area (Å²) in [6, 6.07) is 5.88. The molecule has 1 heterocycles. The molecule has 0 saturated carbocycles. The number of nitrogens with zero attached hydrogens (tertiary/aromatic N) is 1. The minimum absolute atomic E-state index is 0.211. The van der Waals surface area contributed by atoms with Gasteiger partial charge in [0.05, 0.1) is 12.7 Å². The van der Waals surface area contributed by atoms with Crippen molar-refractivity contribution < 1.29 is 27.4 Å². The Morgan fingerprint density at radius 2 is 2.04 bits per heavy atom. The predicted molar refractivity (Wildman–Crippen MR) is 101 cm³/mol. The summed E-state index contributed by atoms with van der Waals surface area (Å²) in [6.45, 7) is 6.09. The standard InChI is InChI=1S/C19H28F3N3O3/c1-2-23-18(24-10-3-12-27-17-9-13-26-14-17)25-11-8-15-4-6-16(7-5-15)28-19(20,21)22/h4-7,17H,2-3,8-14H2,1H3,(H2,23,24,25). The Labute approximate surface area is 163 Å². The Morgan fingerprint density at radius 1 is 1.25 bits per heavy atom. The molecule has 0 aliphatic carbocycles. The van der Waals surface area contributed by atoms with Gasteiger partial charge in [0.25, 0.3) is 0 Å². The Morgan fingerprint density at radius 3 is 2.68 bits per heavy atom. The van der Waals surface area contributed by atoms with Crippen molar-refractivity contribution >= 4 is 5.96 Å². The second-order valence-corrected chi connectivity index (χ2v) is 6.34. The fraction of sp³-hybridized carbons (Fsp3) is 0.632. The molecule has 9 heteroatoms. The summed E-state index contributed by atoms with van der Waals surface area (Å²) >= 11 is 0. The van der Waals surface area contributed by atoms with Crippen LogP contribution in [0.25, 0.3) is 0 Å². The molecule has 1 aliphatic heterocycles. The Hall–Kier alpha value is -2.00. The number of alkyl halides is 3. The molecule has 0 aromatic heterocycles. The summed E-state index contributed by atoms with van der Waals surface area (Å²) < 4.78 is 51.3. The quantitative estimate of drug-likeness (QED) is 0.357. The summed E-state index contributed by atoms with van der Waals surface area (Å²) in [5.74, 6) is 0.495. The maximum absolute atomic E-state index is 12.2. The van der Waals surface area contributed by atoms with Gasteiger partial charge in [0, 0.05) is 32.8 Å². The monoisotopic (exact) mass is 403 g/mol. The first-order chi connectivity index (χ1) is 13.5. The number of hydrogen-bond acceptors (Lipinski definition) is 4. The fourth-order valence-corrected chi connectivity index (χ4v) is 2.67. The first kappa shape index (κ1) is 22.3. The first-order valence-corrected chi connectivity index (χ1v) is 9.52. The topological polar surface area (TPSA) is 64.1 Å². The highest BCUT2D eigenvalue weighted by Gasteiger charge is 2.30. The van der Waals surface area contributed by atoms with Crippen molar-refractivity contribution in [1.82, 2.24) is 10.6 Å². The number of nitrogens with one attached hydrogen (secondary N) is 2. The van der Waals surface area contributed by atoms with E-state index in [-0.39, 0.29) is 11.9 Å². The van der Waals surface area contributed by atoms with Crippen LogP contribution in [0.3, 0.4) is 0 Å². The minimum Gasteiger partial charge on any atom is -0.406 e. The van der Waals surface area contributed by atoms with Crippen LogP contribution in [-0.2, 0) is 15.9 Å². The maximum Gasteiger partial charge on any atom is 0.573 e. The number of rotatable bonds is 10. The molecule has 1 aliphatic rings. The lowest BCUT2D eigenvalue weighted by Crippen LogP contribution is -2.38. The van der Waals surface area contributed by atoms with E-state index < -0.39 is 6.36 Å². The molecular formula is C19H28F3N3O3. The van der Waals surface area contributed by atoms with E-state index >= 15 is 0 Å². The molecule has 2 rings (SSSR count).